The highest BCUT2D eigenvalue weighted by atomic mass is 15.3. The molecule has 2 aromatic heterocycles. The van der Waals surface area contributed by atoms with Crippen molar-refractivity contribution in [1.82, 2.24) is 19.6 Å². The number of hydrogen-bond donors (Lipinski definition) is 1. The molecule has 1 N–H and O–H groups in total. The minimum Gasteiger partial charge on any atom is -0.378 e. The molecule has 2 aromatic carbocycles. The third-order valence-electron chi connectivity index (χ3n) is 5.48. The summed E-state index contributed by atoms with van der Waals surface area (Å²) in [6, 6.07) is 14.9. The Bertz CT molecular complexity index is 1210. The van der Waals surface area contributed by atoms with Crippen LogP contribution in [0, 0.1) is 11.3 Å². The van der Waals surface area contributed by atoms with Crippen LogP contribution in [-0.4, -0.2) is 19.6 Å². The summed E-state index contributed by atoms with van der Waals surface area (Å²) in [5, 5.41) is 23.0. The molecule has 6 heteroatoms. The number of nitrogens with one attached hydrogen (secondary N) is 1. The highest BCUT2D eigenvalue weighted by Gasteiger charge is 2.22. The van der Waals surface area contributed by atoms with Gasteiger partial charge < -0.3 is 5.32 Å². The van der Waals surface area contributed by atoms with Crippen molar-refractivity contribution in [2.24, 2.45) is 7.05 Å². The van der Waals surface area contributed by atoms with E-state index in [0.717, 1.165) is 47.1 Å². The Labute approximate surface area is 163 Å². The van der Waals surface area contributed by atoms with E-state index in [1.54, 1.807) is 4.68 Å². The first-order chi connectivity index (χ1) is 13.7. The molecule has 0 bridgehead atoms. The van der Waals surface area contributed by atoms with Crippen LogP contribution in [0.25, 0.3) is 16.6 Å². The molecule has 5 rings (SSSR count). The smallest absolute Gasteiger partial charge is 0.103 e. The number of aryl methyl sites for hydroxylation is 1. The van der Waals surface area contributed by atoms with Crippen molar-refractivity contribution in [1.29, 1.82) is 5.26 Å². The highest BCUT2D eigenvalue weighted by Crippen LogP contribution is 2.34. The summed E-state index contributed by atoms with van der Waals surface area (Å²) >= 11 is 0. The third kappa shape index (κ3) is 2.72. The van der Waals surface area contributed by atoms with Crippen molar-refractivity contribution in [3.63, 3.8) is 0 Å². The summed E-state index contributed by atoms with van der Waals surface area (Å²) in [4.78, 5) is 0. The van der Waals surface area contributed by atoms with Gasteiger partial charge in [0, 0.05) is 18.1 Å². The van der Waals surface area contributed by atoms with Gasteiger partial charge >= 0.3 is 0 Å². The Morgan fingerprint density at radius 3 is 2.93 bits per heavy atom. The fourth-order valence-corrected chi connectivity index (χ4v) is 4.14. The second-order valence-electron chi connectivity index (χ2n) is 7.28. The van der Waals surface area contributed by atoms with Crippen LogP contribution in [0.4, 0.5) is 5.69 Å². The largest absolute Gasteiger partial charge is 0.378 e. The first-order valence-electron chi connectivity index (χ1n) is 9.48. The lowest BCUT2D eigenvalue weighted by molar-refractivity contribution is 0.599. The molecule has 138 valence electrons. The van der Waals surface area contributed by atoms with Gasteiger partial charge in [-0.15, -0.1) is 0 Å². The van der Waals surface area contributed by atoms with Crippen molar-refractivity contribution >= 4 is 16.6 Å². The number of aromatic nitrogens is 4. The maximum absolute atomic E-state index is 9.42. The van der Waals surface area contributed by atoms with Crippen LogP contribution in [0.3, 0.4) is 0 Å². The van der Waals surface area contributed by atoms with Crippen molar-refractivity contribution in [3.05, 3.63) is 71.7 Å². The standard InChI is InChI=1S/C22H20N6/c1-27-14-18(13-24-27)28-22-10-17(9-8-16(22)12-25-28)26-21-7-3-5-19-15(11-23)4-2-6-20(19)21/h2,4,6,8-10,12-14,21,26H,3,5,7H2,1H3. The van der Waals surface area contributed by atoms with E-state index in [-0.39, 0.29) is 6.04 Å². The summed E-state index contributed by atoms with van der Waals surface area (Å²) < 4.78 is 3.69. The lowest BCUT2D eigenvalue weighted by atomic mass is 9.85. The van der Waals surface area contributed by atoms with Crippen LogP contribution in [0.2, 0.25) is 0 Å². The van der Waals surface area contributed by atoms with E-state index in [1.165, 1.54) is 11.1 Å². The molecule has 6 nitrogen and oxygen atoms in total. The van der Waals surface area contributed by atoms with Crippen LogP contribution < -0.4 is 5.32 Å². The Morgan fingerprint density at radius 1 is 1.18 bits per heavy atom. The second-order valence-corrected chi connectivity index (χ2v) is 7.28. The van der Waals surface area contributed by atoms with Crippen molar-refractivity contribution in [3.8, 4) is 11.8 Å². The summed E-state index contributed by atoms with van der Waals surface area (Å²) in [6.07, 6.45) is 8.76. The molecule has 0 saturated carbocycles. The minimum absolute atomic E-state index is 0.212. The molecular formula is C22H20N6. The fourth-order valence-electron chi connectivity index (χ4n) is 4.14. The van der Waals surface area contributed by atoms with Gasteiger partial charge in [-0.25, -0.2) is 4.68 Å². The van der Waals surface area contributed by atoms with Crippen LogP contribution in [0.5, 0.6) is 0 Å². The number of anilines is 1. The third-order valence-corrected chi connectivity index (χ3v) is 5.48. The quantitative estimate of drug-likeness (QED) is 0.590. The van der Waals surface area contributed by atoms with Gasteiger partial charge in [0.2, 0.25) is 0 Å². The maximum atomic E-state index is 9.42. The normalized spacial score (nSPS) is 15.9. The molecule has 4 aromatic rings. The molecule has 1 aliphatic carbocycles. The van der Waals surface area contributed by atoms with Gasteiger partial charge in [-0.05, 0) is 54.7 Å². The number of fused-ring (bicyclic) bond motifs is 2. The van der Waals surface area contributed by atoms with Crippen molar-refractivity contribution in [2.75, 3.05) is 5.32 Å². The first-order valence-corrected chi connectivity index (χ1v) is 9.48. The molecule has 0 aliphatic heterocycles. The van der Waals surface area contributed by atoms with Crippen LogP contribution >= 0.6 is 0 Å². The molecular weight excluding hydrogens is 348 g/mol. The topological polar surface area (TPSA) is 71.5 Å². The van der Waals surface area contributed by atoms with E-state index < -0.39 is 0 Å². The molecule has 1 unspecified atom stereocenters. The molecule has 0 saturated heterocycles. The zero-order valence-electron chi connectivity index (χ0n) is 15.6. The zero-order chi connectivity index (χ0) is 19.1. The molecule has 1 atom stereocenters. The van der Waals surface area contributed by atoms with E-state index in [1.807, 2.05) is 42.5 Å². The lowest BCUT2D eigenvalue weighted by Gasteiger charge is -2.28. The number of benzene rings is 2. The van der Waals surface area contributed by atoms with Gasteiger partial charge in [0.05, 0.1) is 41.8 Å². The first kappa shape index (κ1) is 16.6. The van der Waals surface area contributed by atoms with E-state index in [0.29, 0.717) is 0 Å². The number of nitrogens with zero attached hydrogens (tertiary/aromatic N) is 5. The van der Waals surface area contributed by atoms with E-state index in [4.69, 9.17) is 0 Å². The second kappa shape index (κ2) is 6.54. The highest BCUT2D eigenvalue weighted by molar-refractivity contribution is 5.83. The number of rotatable bonds is 3. The average Bonchev–Trinajstić information content (AvgIpc) is 3.33. The molecule has 0 radical (unpaired) electrons. The molecule has 2 heterocycles. The van der Waals surface area contributed by atoms with E-state index in [2.05, 4.69) is 45.8 Å². The van der Waals surface area contributed by atoms with E-state index in [9.17, 15) is 5.26 Å². The fraction of sp³-hybridized carbons (Fsp3) is 0.227. The molecule has 0 amide bonds. The molecule has 28 heavy (non-hydrogen) atoms. The van der Waals surface area contributed by atoms with Gasteiger partial charge in [0.15, 0.2) is 0 Å². The monoisotopic (exact) mass is 368 g/mol. The van der Waals surface area contributed by atoms with Crippen LogP contribution in [0.15, 0.2) is 55.0 Å². The zero-order valence-corrected chi connectivity index (χ0v) is 15.6. The van der Waals surface area contributed by atoms with Gasteiger partial charge in [0.1, 0.15) is 5.69 Å². The van der Waals surface area contributed by atoms with E-state index >= 15 is 0 Å². The Kier molecular flexibility index (Phi) is 3.87. The van der Waals surface area contributed by atoms with Gasteiger partial charge in [0.25, 0.3) is 0 Å². The van der Waals surface area contributed by atoms with Crippen molar-refractivity contribution < 1.29 is 0 Å². The van der Waals surface area contributed by atoms with Crippen LogP contribution in [0.1, 0.15) is 35.6 Å². The lowest BCUT2D eigenvalue weighted by Crippen LogP contribution is -2.18. The predicted octanol–water partition coefficient (Wildman–Crippen LogP) is 4.12. The molecule has 0 fully saturated rings. The maximum Gasteiger partial charge on any atom is 0.103 e. The summed E-state index contributed by atoms with van der Waals surface area (Å²) in [5.41, 5.74) is 6.27. The van der Waals surface area contributed by atoms with Gasteiger partial charge in [-0.3, -0.25) is 4.68 Å². The number of hydrogen-bond acceptors (Lipinski definition) is 4. The molecule has 1 aliphatic rings. The Balaban J connectivity index is 1.51. The van der Waals surface area contributed by atoms with Gasteiger partial charge in [-0.1, -0.05) is 12.1 Å². The Hall–Kier alpha value is -3.59. The van der Waals surface area contributed by atoms with Crippen molar-refractivity contribution in [2.45, 2.75) is 25.3 Å². The number of nitriles is 1. The van der Waals surface area contributed by atoms with Gasteiger partial charge in [-0.2, -0.15) is 15.5 Å². The average molecular weight is 368 g/mol. The minimum atomic E-state index is 0.212. The predicted molar refractivity (Wildman–Crippen MR) is 108 cm³/mol. The summed E-state index contributed by atoms with van der Waals surface area (Å²) in [5.74, 6) is 0. The van der Waals surface area contributed by atoms with Crippen LogP contribution in [-0.2, 0) is 13.5 Å². The molecule has 0 spiro atoms. The summed E-state index contributed by atoms with van der Waals surface area (Å²) in [6.45, 7) is 0. The SMILES string of the molecule is Cn1cc(-n2ncc3ccc(NC4CCCc5c(C#N)cccc54)cc32)cn1. The Morgan fingerprint density at radius 2 is 2.11 bits per heavy atom. The summed E-state index contributed by atoms with van der Waals surface area (Å²) in [7, 11) is 1.90.